The van der Waals surface area contributed by atoms with Gasteiger partial charge in [-0.25, -0.2) is 8.42 Å². The topological polar surface area (TPSA) is 69.6 Å². The second-order valence-electron chi connectivity index (χ2n) is 5.25. The highest BCUT2D eigenvalue weighted by atomic mass is 32.2. The van der Waals surface area contributed by atoms with Gasteiger partial charge in [0.1, 0.15) is 0 Å². The summed E-state index contributed by atoms with van der Waals surface area (Å²) in [6, 6.07) is 0.123. The van der Waals surface area contributed by atoms with Crippen LogP contribution in [0, 0.1) is 0 Å². The van der Waals surface area contributed by atoms with Crippen LogP contribution in [0.4, 0.5) is 0 Å². The van der Waals surface area contributed by atoms with Crippen LogP contribution in [0.2, 0.25) is 0 Å². The number of aliphatic hydroxyl groups is 1. The molecule has 0 saturated carbocycles. The van der Waals surface area contributed by atoms with Gasteiger partial charge < -0.3 is 10.4 Å². The lowest BCUT2D eigenvalue weighted by molar-refractivity contribution is 0.157. The minimum Gasteiger partial charge on any atom is -0.390 e. The SMILES string of the molecule is CC(CNC1CS(=O)(=O)CC1O)N1CCCC1. The Balaban J connectivity index is 1.78. The van der Waals surface area contributed by atoms with Crippen molar-refractivity contribution in [2.24, 2.45) is 0 Å². The van der Waals surface area contributed by atoms with Crippen molar-refractivity contribution in [3.63, 3.8) is 0 Å². The van der Waals surface area contributed by atoms with Crippen LogP contribution < -0.4 is 5.32 Å². The van der Waals surface area contributed by atoms with Gasteiger partial charge in [0, 0.05) is 18.6 Å². The monoisotopic (exact) mass is 262 g/mol. The molecule has 2 fully saturated rings. The van der Waals surface area contributed by atoms with Crippen LogP contribution in [0.25, 0.3) is 0 Å². The fourth-order valence-electron chi connectivity index (χ4n) is 2.66. The molecule has 5 nitrogen and oxygen atoms in total. The zero-order valence-electron chi connectivity index (χ0n) is 10.3. The molecular weight excluding hydrogens is 240 g/mol. The normalized spacial score (nSPS) is 35.2. The van der Waals surface area contributed by atoms with Crippen LogP contribution in [0.15, 0.2) is 0 Å². The Kier molecular flexibility index (Phi) is 4.07. The lowest BCUT2D eigenvalue weighted by atomic mass is 10.2. The third kappa shape index (κ3) is 3.40. The maximum absolute atomic E-state index is 11.3. The predicted octanol–water partition coefficient (Wildman–Crippen LogP) is -0.782. The molecule has 2 rings (SSSR count). The van der Waals surface area contributed by atoms with Crippen molar-refractivity contribution in [3.05, 3.63) is 0 Å². The Morgan fingerprint density at radius 1 is 1.35 bits per heavy atom. The van der Waals surface area contributed by atoms with Gasteiger partial charge in [-0.15, -0.1) is 0 Å². The summed E-state index contributed by atoms with van der Waals surface area (Å²) in [6.45, 7) is 5.16. The molecule has 2 saturated heterocycles. The minimum absolute atomic E-state index is 0.0703. The van der Waals surface area contributed by atoms with Gasteiger partial charge in [-0.1, -0.05) is 0 Å². The summed E-state index contributed by atoms with van der Waals surface area (Å²) < 4.78 is 22.7. The standard InChI is InChI=1S/C11H22N2O3S/c1-9(13-4-2-3-5-13)6-12-10-7-17(15,16)8-11(10)14/h9-12,14H,2-8H2,1H3. The molecule has 0 aromatic carbocycles. The summed E-state index contributed by atoms with van der Waals surface area (Å²) in [4.78, 5) is 2.41. The van der Waals surface area contributed by atoms with Gasteiger partial charge in [-0.2, -0.15) is 0 Å². The second-order valence-corrected chi connectivity index (χ2v) is 7.40. The number of nitrogens with one attached hydrogen (secondary N) is 1. The first-order chi connectivity index (χ1) is 7.98. The molecule has 0 spiro atoms. The van der Waals surface area contributed by atoms with Crippen LogP contribution in [0.5, 0.6) is 0 Å². The highest BCUT2D eigenvalue weighted by Crippen LogP contribution is 2.14. The van der Waals surface area contributed by atoms with Crippen LogP contribution in [-0.2, 0) is 9.84 Å². The fraction of sp³-hybridized carbons (Fsp3) is 1.00. The van der Waals surface area contributed by atoms with Crippen molar-refractivity contribution in [1.29, 1.82) is 0 Å². The quantitative estimate of drug-likeness (QED) is 0.695. The number of aliphatic hydroxyl groups excluding tert-OH is 1. The molecule has 2 aliphatic heterocycles. The van der Waals surface area contributed by atoms with E-state index in [0.717, 1.165) is 19.6 Å². The average molecular weight is 262 g/mol. The van der Waals surface area contributed by atoms with Gasteiger partial charge in [0.05, 0.1) is 17.6 Å². The third-order valence-electron chi connectivity index (χ3n) is 3.76. The smallest absolute Gasteiger partial charge is 0.154 e. The predicted molar refractivity (Wildman–Crippen MR) is 66.7 cm³/mol. The Bertz CT molecular complexity index is 352. The molecule has 17 heavy (non-hydrogen) atoms. The molecule has 100 valence electrons. The van der Waals surface area contributed by atoms with E-state index in [9.17, 15) is 13.5 Å². The van der Waals surface area contributed by atoms with Crippen LogP contribution in [-0.4, -0.2) is 67.8 Å². The fourth-order valence-corrected chi connectivity index (χ4v) is 4.43. The second kappa shape index (κ2) is 5.22. The van der Waals surface area contributed by atoms with E-state index in [1.165, 1.54) is 12.8 Å². The molecule has 2 heterocycles. The third-order valence-corrected chi connectivity index (χ3v) is 5.48. The van der Waals surface area contributed by atoms with Crippen LogP contribution in [0.3, 0.4) is 0 Å². The molecule has 0 aliphatic carbocycles. The van der Waals surface area contributed by atoms with E-state index in [0.29, 0.717) is 6.04 Å². The van der Waals surface area contributed by atoms with Crippen molar-refractivity contribution in [3.8, 4) is 0 Å². The van der Waals surface area contributed by atoms with Gasteiger partial charge in [-0.05, 0) is 32.9 Å². The van der Waals surface area contributed by atoms with Crippen molar-refractivity contribution in [2.75, 3.05) is 31.1 Å². The van der Waals surface area contributed by atoms with Crippen LogP contribution >= 0.6 is 0 Å². The van der Waals surface area contributed by atoms with E-state index < -0.39 is 15.9 Å². The Hall–Kier alpha value is -0.170. The zero-order valence-corrected chi connectivity index (χ0v) is 11.1. The zero-order chi connectivity index (χ0) is 12.5. The van der Waals surface area contributed by atoms with Crippen LogP contribution in [0.1, 0.15) is 19.8 Å². The summed E-state index contributed by atoms with van der Waals surface area (Å²) in [5.41, 5.74) is 0. The van der Waals surface area contributed by atoms with Gasteiger partial charge in [0.2, 0.25) is 0 Å². The van der Waals surface area contributed by atoms with E-state index in [4.69, 9.17) is 0 Å². The van der Waals surface area contributed by atoms with Crippen molar-refractivity contribution >= 4 is 9.84 Å². The first kappa shape index (κ1) is 13.3. The molecule has 3 unspecified atom stereocenters. The highest BCUT2D eigenvalue weighted by molar-refractivity contribution is 7.91. The van der Waals surface area contributed by atoms with Gasteiger partial charge in [-0.3, -0.25) is 4.90 Å². The van der Waals surface area contributed by atoms with Gasteiger partial charge in [0.25, 0.3) is 0 Å². The van der Waals surface area contributed by atoms with Crippen molar-refractivity contribution in [1.82, 2.24) is 10.2 Å². The summed E-state index contributed by atoms with van der Waals surface area (Å²) in [6.07, 6.45) is 1.76. The number of nitrogens with zero attached hydrogens (tertiary/aromatic N) is 1. The number of hydrogen-bond donors (Lipinski definition) is 2. The molecule has 6 heteroatoms. The number of likely N-dealkylation sites (tertiary alicyclic amines) is 1. The first-order valence-corrected chi connectivity index (χ1v) is 8.16. The summed E-state index contributed by atoms with van der Waals surface area (Å²) in [7, 11) is -3.04. The Morgan fingerprint density at radius 2 is 2.00 bits per heavy atom. The molecule has 0 aromatic rings. The molecular formula is C11H22N2O3S. The van der Waals surface area contributed by atoms with E-state index in [1.807, 2.05) is 0 Å². The Labute approximate surface area is 103 Å². The van der Waals surface area contributed by atoms with Crippen molar-refractivity contribution in [2.45, 2.75) is 38.0 Å². The molecule has 0 bridgehead atoms. The maximum Gasteiger partial charge on any atom is 0.154 e. The lowest BCUT2D eigenvalue weighted by Gasteiger charge is -2.26. The maximum atomic E-state index is 11.3. The number of rotatable bonds is 4. The van der Waals surface area contributed by atoms with E-state index >= 15 is 0 Å². The summed E-state index contributed by atoms with van der Waals surface area (Å²) in [5, 5.41) is 12.8. The highest BCUT2D eigenvalue weighted by Gasteiger charge is 2.36. The molecule has 0 amide bonds. The average Bonchev–Trinajstić information content (AvgIpc) is 2.82. The Morgan fingerprint density at radius 3 is 2.53 bits per heavy atom. The molecule has 3 atom stereocenters. The lowest BCUT2D eigenvalue weighted by Crippen LogP contribution is -2.46. The van der Waals surface area contributed by atoms with E-state index in [-0.39, 0.29) is 17.5 Å². The summed E-state index contributed by atoms with van der Waals surface area (Å²) >= 11 is 0. The van der Waals surface area contributed by atoms with Crippen molar-refractivity contribution < 1.29 is 13.5 Å². The molecule has 0 aromatic heterocycles. The van der Waals surface area contributed by atoms with E-state index in [1.54, 1.807) is 0 Å². The molecule has 2 aliphatic rings. The van der Waals surface area contributed by atoms with Gasteiger partial charge in [0.15, 0.2) is 9.84 Å². The largest absolute Gasteiger partial charge is 0.390 e. The first-order valence-electron chi connectivity index (χ1n) is 6.34. The minimum atomic E-state index is -3.04. The van der Waals surface area contributed by atoms with Gasteiger partial charge >= 0.3 is 0 Å². The summed E-state index contributed by atoms with van der Waals surface area (Å²) in [5.74, 6) is -0.0242. The number of hydrogen-bond acceptors (Lipinski definition) is 5. The number of sulfone groups is 1. The molecule has 2 N–H and O–H groups in total. The molecule has 0 radical (unpaired) electrons. The van der Waals surface area contributed by atoms with E-state index in [2.05, 4.69) is 17.1 Å².